The Labute approximate surface area is 137 Å². The van der Waals surface area contributed by atoms with Crippen LogP contribution in [0.15, 0.2) is 24.3 Å². The molecule has 0 saturated carbocycles. The molecule has 0 radical (unpaired) electrons. The van der Waals surface area contributed by atoms with Crippen molar-refractivity contribution in [2.75, 3.05) is 13.1 Å². The third-order valence-electron chi connectivity index (χ3n) is 4.68. The van der Waals surface area contributed by atoms with Gasteiger partial charge in [0.25, 0.3) is 0 Å². The van der Waals surface area contributed by atoms with E-state index in [4.69, 9.17) is 0 Å². The fraction of sp³-hybridized carbons (Fsp3) is 0.556. The second-order valence-electron chi connectivity index (χ2n) is 7.47. The number of carbonyl (C=O) groups excluding carboxylic acids is 2. The third kappa shape index (κ3) is 3.33. The summed E-state index contributed by atoms with van der Waals surface area (Å²) >= 11 is 0. The van der Waals surface area contributed by atoms with Gasteiger partial charge in [0.2, 0.25) is 5.91 Å². The second kappa shape index (κ2) is 5.87. The zero-order valence-corrected chi connectivity index (χ0v) is 14.1. The summed E-state index contributed by atoms with van der Waals surface area (Å²) in [6.07, 6.45) is 1.29. The first-order chi connectivity index (χ1) is 10.8. The molecule has 1 atom stereocenters. The third-order valence-corrected chi connectivity index (χ3v) is 4.68. The number of hydrogen-bond acceptors (Lipinski definition) is 2. The SMILES string of the molecule is CC(C)(C)N1CC(NC(=O)N2CCc3ccccc3C2)CC1=O. The molecule has 1 aromatic carbocycles. The van der Waals surface area contributed by atoms with Gasteiger partial charge >= 0.3 is 6.03 Å². The van der Waals surface area contributed by atoms with Gasteiger partial charge in [-0.2, -0.15) is 0 Å². The maximum atomic E-state index is 12.5. The van der Waals surface area contributed by atoms with E-state index in [2.05, 4.69) is 17.4 Å². The lowest BCUT2D eigenvalue weighted by Gasteiger charge is -2.33. The van der Waals surface area contributed by atoms with Crippen LogP contribution in [0.4, 0.5) is 4.79 Å². The Morgan fingerprint density at radius 2 is 1.91 bits per heavy atom. The number of fused-ring (bicyclic) bond motifs is 1. The van der Waals surface area contributed by atoms with E-state index < -0.39 is 0 Å². The van der Waals surface area contributed by atoms with Crippen molar-refractivity contribution in [2.24, 2.45) is 0 Å². The first-order valence-corrected chi connectivity index (χ1v) is 8.27. The first kappa shape index (κ1) is 15.8. The maximum Gasteiger partial charge on any atom is 0.318 e. The molecular weight excluding hydrogens is 290 g/mol. The first-order valence-electron chi connectivity index (χ1n) is 8.27. The quantitative estimate of drug-likeness (QED) is 0.863. The van der Waals surface area contributed by atoms with Crippen LogP contribution in [-0.2, 0) is 17.8 Å². The van der Waals surface area contributed by atoms with E-state index in [-0.39, 0.29) is 23.5 Å². The predicted octanol–water partition coefficient (Wildman–Crippen LogP) is 2.15. The molecule has 0 bridgehead atoms. The number of rotatable bonds is 1. The van der Waals surface area contributed by atoms with Crippen LogP contribution in [0.2, 0.25) is 0 Å². The van der Waals surface area contributed by atoms with Crippen molar-refractivity contribution in [2.45, 2.75) is 51.7 Å². The molecule has 1 aromatic rings. The summed E-state index contributed by atoms with van der Waals surface area (Å²) in [7, 11) is 0. The molecule has 1 unspecified atom stereocenters. The minimum Gasteiger partial charge on any atom is -0.336 e. The van der Waals surface area contributed by atoms with E-state index in [0.717, 1.165) is 13.0 Å². The van der Waals surface area contributed by atoms with Crippen molar-refractivity contribution < 1.29 is 9.59 Å². The van der Waals surface area contributed by atoms with Crippen molar-refractivity contribution in [1.29, 1.82) is 0 Å². The number of nitrogens with one attached hydrogen (secondary N) is 1. The fourth-order valence-corrected chi connectivity index (χ4v) is 3.39. The molecule has 5 heteroatoms. The zero-order chi connectivity index (χ0) is 16.6. The summed E-state index contributed by atoms with van der Waals surface area (Å²) in [5.74, 6) is 0.117. The molecule has 2 heterocycles. The van der Waals surface area contributed by atoms with Gasteiger partial charge in [-0.1, -0.05) is 24.3 Å². The van der Waals surface area contributed by atoms with Crippen molar-refractivity contribution in [3.05, 3.63) is 35.4 Å². The van der Waals surface area contributed by atoms with E-state index in [1.807, 2.05) is 42.7 Å². The minimum absolute atomic E-state index is 0.0620. The molecule has 124 valence electrons. The summed E-state index contributed by atoms with van der Waals surface area (Å²) < 4.78 is 0. The Morgan fingerprint density at radius 3 is 2.57 bits per heavy atom. The van der Waals surface area contributed by atoms with Gasteiger partial charge in [-0.25, -0.2) is 4.79 Å². The maximum absolute atomic E-state index is 12.5. The molecular formula is C18H25N3O2. The van der Waals surface area contributed by atoms with Crippen molar-refractivity contribution in [3.8, 4) is 0 Å². The molecule has 0 aromatic heterocycles. The molecule has 5 nitrogen and oxygen atoms in total. The number of amides is 3. The van der Waals surface area contributed by atoms with Crippen LogP contribution in [0.25, 0.3) is 0 Å². The molecule has 2 aliphatic heterocycles. The van der Waals surface area contributed by atoms with Gasteiger partial charge in [0.1, 0.15) is 0 Å². The van der Waals surface area contributed by atoms with Crippen LogP contribution in [0.5, 0.6) is 0 Å². The summed E-state index contributed by atoms with van der Waals surface area (Å²) in [5.41, 5.74) is 2.35. The van der Waals surface area contributed by atoms with Crippen LogP contribution in [0.3, 0.4) is 0 Å². The second-order valence-corrected chi connectivity index (χ2v) is 7.47. The van der Waals surface area contributed by atoms with Crippen LogP contribution in [-0.4, -0.2) is 46.4 Å². The number of hydrogen-bond donors (Lipinski definition) is 1. The largest absolute Gasteiger partial charge is 0.336 e. The zero-order valence-electron chi connectivity index (χ0n) is 14.1. The molecule has 23 heavy (non-hydrogen) atoms. The Morgan fingerprint density at radius 1 is 1.22 bits per heavy atom. The lowest BCUT2D eigenvalue weighted by atomic mass is 10.0. The van der Waals surface area contributed by atoms with Gasteiger partial charge in [-0.3, -0.25) is 4.79 Å². The smallest absolute Gasteiger partial charge is 0.318 e. The van der Waals surface area contributed by atoms with Crippen LogP contribution < -0.4 is 5.32 Å². The minimum atomic E-state index is -0.194. The van der Waals surface area contributed by atoms with Crippen LogP contribution in [0, 0.1) is 0 Å². The summed E-state index contributed by atoms with van der Waals surface area (Å²) in [4.78, 5) is 28.3. The Hall–Kier alpha value is -2.04. The van der Waals surface area contributed by atoms with Gasteiger partial charge < -0.3 is 15.1 Å². The Balaban J connectivity index is 1.60. The summed E-state index contributed by atoms with van der Waals surface area (Å²) in [5, 5.41) is 3.04. The van der Waals surface area contributed by atoms with Gasteiger partial charge in [0.15, 0.2) is 0 Å². The number of carbonyl (C=O) groups is 2. The molecule has 0 aliphatic carbocycles. The molecule has 3 rings (SSSR count). The highest BCUT2D eigenvalue weighted by molar-refractivity contribution is 5.82. The average Bonchev–Trinajstić information content (AvgIpc) is 2.87. The van der Waals surface area contributed by atoms with Gasteiger partial charge in [-0.15, -0.1) is 0 Å². The molecule has 1 fully saturated rings. The van der Waals surface area contributed by atoms with E-state index in [0.29, 0.717) is 19.5 Å². The lowest BCUT2D eigenvalue weighted by molar-refractivity contribution is -0.131. The normalized spacial score (nSPS) is 21.3. The predicted molar refractivity (Wildman–Crippen MR) is 89.0 cm³/mol. The summed E-state index contributed by atoms with van der Waals surface area (Å²) in [6, 6.07) is 8.10. The average molecular weight is 315 g/mol. The number of nitrogens with zero attached hydrogens (tertiary/aromatic N) is 2. The van der Waals surface area contributed by atoms with E-state index in [1.165, 1.54) is 11.1 Å². The monoisotopic (exact) mass is 315 g/mol. The highest BCUT2D eigenvalue weighted by Gasteiger charge is 2.37. The van der Waals surface area contributed by atoms with Crippen molar-refractivity contribution >= 4 is 11.9 Å². The Bertz CT molecular complexity index is 621. The van der Waals surface area contributed by atoms with Gasteiger partial charge in [0, 0.05) is 31.6 Å². The van der Waals surface area contributed by atoms with Crippen molar-refractivity contribution in [3.63, 3.8) is 0 Å². The number of urea groups is 1. The topological polar surface area (TPSA) is 52.7 Å². The highest BCUT2D eigenvalue weighted by Crippen LogP contribution is 2.23. The van der Waals surface area contributed by atoms with Crippen LogP contribution >= 0.6 is 0 Å². The summed E-state index contributed by atoms with van der Waals surface area (Å²) in [6.45, 7) is 8.04. The Kier molecular flexibility index (Phi) is 4.04. The lowest BCUT2D eigenvalue weighted by Crippen LogP contribution is -2.48. The molecule has 1 N–H and O–H groups in total. The molecule has 2 aliphatic rings. The molecule has 0 spiro atoms. The van der Waals surface area contributed by atoms with Crippen molar-refractivity contribution in [1.82, 2.24) is 15.1 Å². The van der Waals surface area contributed by atoms with E-state index in [9.17, 15) is 9.59 Å². The van der Waals surface area contributed by atoms with E-state index in [1.54, 1.807) is 0 Å². The van der Waals surface area contributed by atoms with Crippen LogP contribution in [0.1, 0.15) is 38.3 Å². The van der Waals surface area contributed by atoms with Gasteiger partial charge in [0.05, 0.1) is 6.04 Å². The highest BCUT2D eigenvalue weighted by atomic mass is 16.2. The molecule has 3 amide bonds. The fourth-order valence-electron chi connectivity index (χ4n) is 3.39. The van der Waals surface area contributed by atoms with Gasteiger partial charge in [-0.05, 0) is 38.3 Å². The standard InChI is InChI=1S/C18H25N3O2/c1-18(2,3)21-12-15(10-16(21)22)19-17(23)20-9-8-13-6-4-5-7-14(13)11-20/h4-7,15H,8-12H2,1-3H3,(H,19,23). The van der Waals surface area contributed by atoms with E-state index >= 15 is 0 Å². The number of benzene rings is 1. The number of likely N-dealkylation sites (tertiary alicyclic amines) is 1. The molecule has 1 saturated heterocycles.